The van der Waals surface area contributed by atoms with Gasteiger partial charge in [0.2, 0.25) is 0 Å². The summed E-state index contributed by atoms with van der Waals surface area (Å²) in [5, 5.41) is 6.86. The quantitative estimate of drug-likeness (QED) is 0.909. The molecule has 0 bridgehead atoms. The highest BCUT2D eigenvalue weighted by Gasteiger charge is 2.17. The number of anilines is 1. The number of hydrogen-bond donors (Lipinski definition) is 2. The molecular weight excluding hydrogens is 288 g/mol. The Balaban J connectivity index is 0.00000161. The van der Waals surface area contributed by atoms with Gasteiger partial charge in [-0.1, -0.05) is 12.1 Å². The van der Waals surface area contributed by atoms with Crippen molar-refractivity contribution in [2.24, 2.45) is 0 Å². The molecule has 0 radical (unpaired) electrons. The summed E-state index contributed by atoms with van der Waals surface area (Å²) in [5.74, 6) is 1.34. The van der Waals surface area contributed by atoms with Crippen LogP contribution in [0.15, 0.2) is 24.3 Å². The number of para-hydroxylation sites is 2. The van der Waals surface area contributed by atoms with Gasteiger partial charge in [0.05, 0.1) is 17.6 Å². The molecule has 1 saturated heterocycles. The SMILES string of the molecule is CCOc1nc2ccccc2nc1NC1CCCNC1.Cl. The first kappa shape index (κ1) is 15.8. The molecule has 1 atom stereocenters. The van der Waals surface area contributed by atoms with Gasteiger partial charge in [-0.15, -0.1) is 12.4 Å². The zero-order valence-electron chi connectivity index (χ0n) is 12.1. The van der Waals surface area contributed by atoms with Crippen molar-refractivity contribution in [1.82, 2.24) is 15.3 Å². The lowest BCUT2D eigenvalue weighted by Crippen LogP contribution is -2.38. The van der Waals surface area contributed by atoms with Gasteiger partial charge in [-0.2, -0.15) is 0 Å². The van der Waals surface area contributed by atoms with E-state index >= 15 is 0 Å². The van der Waals surface area contributed by atoms with Crippen LogP contribution in [0.25, 0.3) is 11.0 Å². The molecule has 0 amide bonds. The van der Waals surface area contributed by atoms with Gasteiger partial charge in [-0.05, 0) is 38.4 Å². The Morgan fingerprint density at radius 1 is 1.29 bits per heavy atom. The van der Waals surface area contributed by atoms with Crippen molar-refractivity contribution in [3.05, 3.63) is 24.3 Å². The minimum absolute atomic E-state index is 0. The highest BCUT2D eigenvalue weighted by molar-refractivity contribution is 5.85. The van der Waals surface area contributed by atoms with E-state index in [9.17, 15) is 0 Å². The molecular formula is C15H21ClN4O. The molecule has 1 fully saturated rings. The molecule has 21 heavy (non-hydrogen) atoms. The third-order valence-electron chi connectivity index (χ3n) is 3.46. The number of aromatic nitrogens is 2. The third kappa shape index (κ3) is 3.74. The van der Waals surface area contributed by atoms with Crippen LogP contribution in [0.4, 0.5) is 5.82 Å². The fourth-order valence-corrected chi connectivity index (χ4v) is 2.48. The van der Waals surface area contributed by atoms with Crippen LogP contribution < -0.4 is 15.4 Å². The largest absolute Gasteiger partial charge is 0.475 e. The molecule has 0 spiro atoms. The number of fused-ring (bicyclic) bond motifs is 1. The second-order valence-corrected chi connectivity index (χ2v) is 4.99. The first-order chi connectivity index (χ1) is 9.86. The van der Waals surface area contributed by atoms with E-state index in [1.165, 1.54) is 6.42 Å². The molecule has 1 aromatic heterocycles. The van der Waals surface area contributed by atoms with E-state index in [0.29, 0.717) is 18.5 Å². The van der Waals surface area contributed by atoms with Gasteiger partial charge in [0.15, 0.2) is 5.82 Å². The van der Waals surface area contributed by atoms with Gasteiger partial charge in [0, 0.05) is 12.6 Å². The molecule has 3 rings (SSSR count). The van der Waals surface area contributed by atoms with Crippen molar-refractivity contribution in [1.29, 1.82) is 0 Å². The van der Waals surface area contributed by atoms with Crippen LogP contribution in [0.1, 0.15) is 19.8 Å². The van der Waals surface area contributed by atoms with Crippen LogP contribution in [0.3, 0.4) is 0 Å². The average molecular weight is 309 g/mol. The maximum atomic E-state index is 5.63. The summed E-state index contributed by atoms with van der Waals surface area (Å²) in [5.41, 5.74) is 1.76. The van der Waals surface area contributed by atoms with E-state index in [2.05, 4.69) is 20.6 Å². The summed E-state index contributed by atoms with van der Waals surface area (Å²) in [7, 11) is 0. The van der Waals surface area contributed by atoms with E-state index in [-0.39, 0.29) is 12.4 Å². The number of nitrogens with one attached hydrogen (secondary N) is 2. The Morgan fingerprint density at radius 2 is 2.05 bits per heavy atom. The molecule has 2 heterocycles. The monoisotopic (exact) mass is 308 g/mol. The summed E-state index contributed by atoms with van der Waals surface area (Å²) >= 11 is 0. The summed E-state index contributed by atoms with van der Waals surface area (Å²) in [6.07, 6.45) is 2.33. The van der Waals surface area contributed by atoms with Crippen LogP contribution in [0, 0.1) is 0 Å². The number of halogens is 1. The summed E-state index contributed by atoms with van der Waals surface area (Å²) in [4.78, 5) is 9.22. The van der Waals surface area contributed by atoms with Gasteiger partial charge in [-0.3, -0.25) is 0 Å². The zero-order valence-corrected chi connectivity index (χ0v) is 12.9. The number of ether oxygens (including phenoxy) is 1. The van der Waals surface area contributed by atoms with E-state index in [0.717, 1.165) is 36.4 Å². The molecule has 1 aromatic carbocycles. The second kappa shape index (κ2) is 7.43. The van der Waals surface area contributed by atoms with Gasteiger partial charge in [0.25, 0.3) is 5.88 Å². The van der Waals surface area contributed by atoms with E-state index in [1.807, 2.05) is 31.2 Å². The van der Waals surface area contributed by atoms with Gasteiger partial charge < -0.3 is 15.4 Å². The predicted octanol–water partition coefficient (Wildman–Crippen LogP) is 2.61. The highest BCUT2D eigenvalue weighted by Crippen LogP contribution is 2.24. The molecule has 2 N–H and O–H groups in total. The van der Waals surface area contributed by atoms with Crippen molar-refractivity contribution >= 4 is 29.3 Å². The number of piperidine rings is 1. The van der Waals surface area contributed by atoms with Gasteiger partial charge in [0.1, 0.15) is 0 Å². The van der Waals surface area contributed by atoms with Crippen LogP contribution in [-0.2, 0) is 0 Å². The maximum absolute atomic E-state index is 5.63. The Morgan fingerprint density at radius 3 is 2.71 bits per heavy atom. The smallest absolute Gasteiger partial charge is 0.258 e. The Bertz CT molecular complexity index is 587. The van der Waals surface area contributed by atoms with Crippen molar-refractivity contribution < 1.29 is 4.74 Å². The summed E-state index contributed by atoms with van der Waals surface area (Å²) in [6, 6.07) is 8.26. The lowest BCUT2D eigenvalue weighted by atomic mass is 10.1. The predicted molar refractivity (Wildman–Crippen MR) is 87.5 cm³/mol. The topological polar surface area (TPSA) is 59.1 Å². The zero-order chi connectivity index (χ0) is 13.8. The van der Waals surface area contributed by atoms with Crippen molar-refractivity contribution in [2.75, 3.05) is 25.0 Å². The number of rotatable bonds is 4. The van der Waals surface area contributed by atoms with Crippen LogP contribution in [-0.4, -0.2) is 35.7 Å². The molecule has 1 aliphatic rings. The van der Waals surface area contributed by atoms with E-state index in [4.69, 9.17) is 4.74 Å². The van der Waals surface area contributed by atoms with E-state index < -0.39 is 0 Å². The van der Waals surface area contributed by atoms with E-state index in [1.54, 1.807) is 0 Å². The number of nitrogens with zero attached hydrogens (tertiary/aromatic N) is 2. The molecule has 114 valence electrons. The third-order valence-corrected chi connectivity index (χ3v) is 3.46. The molecule has 1 aliphatic heterocycles. The lowest BCUT2D eigenvalue weighted by molar-refractivity contribution is 0.327. The van der Waals surface area contributed by atoms with Crippen LogP contribution in [0.2, 0.25) is 0 Å². The Hall–Kier alpha value is -1.59. The average Bonchev–Trinajstić information content (AvgIpc) is 2.49. The van der Waals surface area contributed by atoms with Crippen molar-refractivity contribution in [3.8, 4) is 5.88 Å². The fourth-order valence-electron chi connectivity index (χ4n) is 2.48. The molecule has 1 unspecified atom stereocenters. The second-order valence-electron chi connectivity index (χ2n) is 4.99. The van der Waals surface area contributed by atoms with Crippen molar-refractivity contribution in [3.63, 3.8) is 0 Å². The normalized spacial score (nSPS) is 18.0. The minimum Gasteiger partial charge on any atom is -0.475 e. The molecule has 5 nitrogen and oxygen atoms in total. The minimum atomic E-state index is 0. The first-order valence-electron chi connectivity index (χ1n) is 7.23. The van der Waals surface area contributed by atoms with Gasteiger partial charge >= 0.3 is 0 Å². The standard InChI is InChI=1S/C15H20N4O.ClH/c1-2-20-15-14(17-11-6-5-9-16-10-11)18-12-7-3-4-8-13(12)19-15;/h3-4,7-8,11,16H,2,5-6,9-10H2,1H3,(H,17,18);1H. The molecule has 6 heteroatoms. The van der Waals surface area contributed by atoms with Crippen LogP contribution in [0.5, 0.6) is 5.88 Å². The highest BCUT2D eigenvalue weighted by atomic mass is 35.5. The fraction of sp³-hybridized carbons (Fsp3) is 0.467. The van der Waals surface area contributed by atoms with Gasteiger partial charge in [-0.25, -0.2) is 9.97 Å². The van der Waals surface area contributed by atoms with Crippen LogP contribution >= 0.6 is 12.4 Å². The molecule has 0 aliphatic carbocycles. The number of hydrogen-bond acceptors (Lipinski definition) is 5. The maximum Gasteiger partial charge on any atom is 0.258 e. The molecule has 0 saturated carbocycles. The molecule has 2 aromatic rings. The lowest BCUT2D eigenvalue weighted by Gasteiger charge is -2.25. The first-order valence-corrected chi connectivity index (χ1v) is 7.23. The number of benzene rings is 1. The Labute approximate surface area is 130 Å². The Kier molecular flexibility index (Phi) is 5.59. The van der Waals surface area contributed by atoms with Crippen molar-refractivity contribution in [2.45, 2.75) is 25.8 Å². The summed E-state index contributed by atoms with van der Waals surface area (Å²) in [6.45, 7) is 4.60. The summed E-state index contributed by atoms with van der Waals surface area (Å²) < 4.78 is 5.63.